The molecule has 94 valence electrons. The largest absolute Gasteiger partial charge is 0.493 e. The van der Waals surface area contributed by atoms with Gasteiger partial charge in [0.15, 0.2) is 0 Å². The van der Waals surface area contributed by atoms with E-state index in [-0.39, 0.29) is 6.67 Å². The highest BCUT2D eigenvalue weighted by molar-refractivity contribution is 5.40. The van der Waals surface area contributed by atoms with E-state index in [9.17, 15) is 4.39 Å². The van der Waals surface area contributed by atoms with Gasteiger partial charge >= 0.3 is 0 Å². The predicted molar refractivity (Wildman–Crippen MR) is 67.1 cm³/mol. The molecule has 0 aromatic heterocycles. The molecule has 1 aromatic rings. The van der Waals surface area contributed by atoms with Crippen LogP contribution in [0.3, 0.4) is 0 Å². The highest BCUT2D eigenvalue weighted by atomic mass is 19.1. The van der Waals surface area contributed by atoms with Gasteiger partial charge < -0.3 is 10.1 Å². The highest BCUT2D eigenvalue weighted by Gasteiger charge is 2.20. The monoisotopic (exact) mass is 237 g/mol. The Kier molecular flexibility index (Phi) is 4.37. The second-order valence-corrected chi connectivity index (χ2v) is 4.61. The number of ether oxygens (including phenoxy) is 1. The van der Waals surface area contributed by atoms with Crippen LogP contribution in [-0.4, -0.2) is 19.3 Å². The van der Waals surface area contributed by atoms with E-state index in [1.54, 1.807) is 0 Å². The quantitative estimate of drug-likeness (QED) is 0.736. The Balaban J connectivity index is 1.98. The first-order valence-corrected chi connectivity index (χ1v) is 6.32. The summed E-state index contributed by atoms with van der Waals surface area (Å²) in [5, 5.41) is 3.48. The molecule has 1 aliphatic carbocycles. The molecular weight excluding hydrogens is 217 g/mol. The van der Waals surface area contributed by atoms with E-state index in [1.807, 2.05) is 19.1 Å². The fraction of sp³-hybridized carbons (Fsp3) is 0.571. The molecule has 0 bridgehead atoms. The maximum Gasteiger partial charge on any atom is 0.126 e. The second-order valence-electron chi connectivity index (χ2n) is 4.61. The average molecular weight is 237 g/mol. The molecule has 0 radical (unpaired) electrons. The van der Waals surface area contributed by atoms with Crippen LogP contribution in [0.2, 0.25) is 0 Å². The summed E-state index contributed by atoms with van der Waals surface area (Å²) in [5.74, 6) is 0.925. The molecule has 0 spiro atoms. The molecule has 0 aliphatic heterocycles. The molecule has 1 aliphatic rings. The van der Waals surface area contributed by atoms with Crippen molar-refractivity contribution in [1.82, 2.24) is 5.32 Å². The average Bonchev–Trinajstić information content (AvgIpc) is 3.13. The topological polar surface area (TPSA) is 21.3 Å². The third-order valence-corrected chi connectivity index (χ3v) is 2.98. The summed E-state index contributed by atoms with van der Waals surface area (Å²) in [7, 11) is 0. The van der Waals surface area contributed by atoms with Gasteiger partial charge in [0, 0.05) is 24.6 Å². The van der Waals surface area contributed by atoms with Gasteiger partial charge in [-0.25, -0.2) is 0 Å². The van der Waals surface area contributed by atoms with E-state index < -0.39 is 0 Å². The summed E-state index contributed by atoms with van der Waals surface area (Å²) >= 11 is 0. The van der Waals surface area contributed by atoms with Gasteiger partial charge in [0.1, 0.15) is 5.75 Å². The standard InChI is InChI=1S/C14H20FNO/c1-11-4-2-5-12(10-16-13-6-7-13)14(11)17-9-3-8-15/h2,4-5,13,16H,3,6-10H2,1H3. The minimum atomic E-state index is -0.318. The molecule has 1 fully saturated rings. The van der Waals surface area contributed by atoms with Gasteiger partial charge in [-0.2, -0.15) is 0 Å². The highest BCUT2D eigenvalue weighted by Crippen LogP contribution is 2.25. The van der Waals surface area contributed by atoms with Gasteiger partial charge in [-0.3, -0.25) is 4.39 Å². The van der Waals surface area contributed by atoms with Crippen molar-refractivity contribution in [2.24, 2.45) is 0 Å². The maximum absolute atomic E-state index is 12.1. The number of para-hydroxylation sites is 1. The zero-order valence-electron chi connectivity index (χ0n) is 10.3. The van der Waals surface area contributed by atoms with Gasteiger partial charge in [-0.1, -0.05) is 18.2 Å². The second kappa shape index (κ2) is 6.01. The fourth-order valence-corrected chi connectivity index (χ4v) is 1.83. The molecule has 3 heteroatoms. The van der Waals surface area contributed by atoms with Gasteiger partial charge in [-0.15, -0.1) is 0 Å². The molecule has 0 heterocycles. The van der Waals surface area contributed by atoms with E-state index in [4.69, 9.17) is 4.74 Å². The summed E-state index contributed by atoms with van der Waals surface area (Å²) in [6.07, 6.45) is 3.03. The van der Waals surface area contributed by atoms with Crippen LogP contribution >= 0.6 is 0 Å². The molecule has 17 heavy (non-hydrogen) atoms. The Morgan fingerprint density at radius 2 is 2.24 bits per heavy atom. The zero-order valence-corrected chi connectivity index (χ0v) is 10.3. The third-order valence-electron chi connectivity index (χ3n) is 2.98. The first-order valence-electron chi connectivity index (χ1n) is 6.32. The summed E-state index contributed by atoms with van der Waals surface area (Å²) < 4.78 is 17.7. The van der Waals surface area contributed by atoms with Crippen LogP contribution < -0.4 is 10.1 Å². The molecule has 0 atom stereocenters. The minimum Gasteiger partial charge on any atom is -0.493 e. The summed E-state index contributed by atoms with van der Waals surface area (Å²) in [5.41, 5.74) is 2.30. The van der Waals surface area contributed by atoms with Crippen molar-refractivity contribution >= 4 is 0 Å². The summed E-state index contributed by atoms with van der Waals surface area (Å²) in [6, 6.07) is 6.84. The van der Waals surface area contributed by atoms with Crippen molar-refractivity contribution in [2.75, 3.05) is 13.3 Å². The zero-order chi connectivity index (χ0) is 12.1. The number of benzene rings is 1. The fourth-order valence-electron chi connectivity index (χ4n) is 1.83. The van der Waals surface area contributed by atoms with Crippen molar-refractivity contribution < 1.29 is 9.13 Å². The van der Waals surface area contributed by atoms with Crippen LogP contribution in [0.5, 0.6) is 5.75 Å². The SMILES string of the molecule is Cc1cccc(CNC2CC2)c1OCCCF. The molecule has 1 saturated carbocycles. The number of aryl methyl sites for hydroxylation is 1. The Morgan fingerprint density at radius 1 is 1.41 bits per heavy atom. The molecule has 1 N–H and O–H groups in total. The first-order chi connectivity index (χ1) is 8.31. The lowest BCUT2D eigenvalue weighted by molar-refractivity contribution is 0.285. The predicted octanol–water partition coefficient (Wildman–Crippen LogP) is 2.99. The van der Waals surface area contributed by atoms with Gasteiger partial charge in [0.2, 0.25) is 0 Å². The van der Waals surface area contributed by atoms with E-state index >= 15 is 0 Å². The van der Waals surface area contributed by atoms with Crippen molar-refractivity contribution in [3.8, 4) is 5.75 Å². The number of hydrogen-bond donors (Lipinski definition) is 1. The minimum absolute atomic E-state index is 0.318. The number of rotatable bonds is 7. The molecule has 1 aromatic carbocycles. The summed E-state index contributed by atoms with van der Waals surface area (Å²) in [6.45, 7) is 3.02. The van der Waals surface area contributed by atoms with Crippen LogP contribution in [0.25, 0.3) is 0 Å². The number of hydrogen-bond acceptors (Lipinski definition) is 2. The van der Waals surface area contributed by atoms with Crippen LogP contribution in [0, 0.1) is 6.92 Å². The van der Waals surface area contributed by atoms with Crippen LogP contribution in [0.15, 0.2) is 18.2 Å². The van der Waals surface area contributed by atoms with E-state index in [0.717, 1.165) is 17.9 Å². The van der Waals surface area contributed by atoms with E-state index in [1.165, 1.54) is 18.4 Å². The summed E-state index contributed by atoms with van der Waals surface area (Å²) in [4.78, 5) is 0. The normalized spacial score (nSPS) is 14.9. The third kappa shape index (κ3) is 3.70. The van der Waals surface area contributed by atoms with E-state index in [0.29, 0.717) is 19.1 Å². The number of halogens is 1. The first kappa shape index (κ1) is 12.4. The van der Waals surface area contributed by atoms with Gasteiger partial charge in [-0.05, 0) is 25.3 Å². The lowest BCUT2D eigenvalue weighted by Gasteiger charge is -2.14. The Labute approximate surface area is 102 Å². The van der Waals surface area contributed by atoms with Crippen molar-refractivity contribution in [3.63, 3.8) is 0 Å². The van der Waals surface area contributed by atoms with Gasteiger partial charge in [0.25, 0.3) is 0 Å². The Hall–Kier alpha value is -1.09. The maximum atomic E-state index is 12.1. The lowest BCUT2D eigenvalue weighted by atomic mass is 10.1. The van der Waals surface area contributed by atoms with Crippen molar-refractivity contribution in [1.29, 1.82) is 0 Å². The lowest BCUT2D eigenvalue weighted by Crippen LogP contribution is -2.16. The molecule has 0 unspecified atom stereocenters. The van der Waals surface area contributed by atoms with Crippen LogP contribution in [0.1, 0.15) is 30.4 Å². The Morgan fingerprint density at radius 3 is 2.94 bits per heavy atom. The number of nitrogens with one attached hydrogen (secondary N) is 1. The molecule has 0 amide bonds. The van der Waals surface area contributed by atoms with Crippen LogP contribution in [-0.2, 0) is 6.54 Å². The Bertz CT molecular complexity index is 363. The molecule has 2 rings (SSSR count). The number of alkyl halides is 1. The molecule has 0 saturated heterocycles. The van der Waals surface area contributed by atoms with Crippen molar-refractivity contribution in [3.05, 3.63) is 29.3 Å². The van der Waals surface area contributed by atoms with Gasteiger partial charge in [0.05, 0.1) is 13.3 Å². The molecular formula is C14H20FNO. The van der Waals surface area contributed by atoms with E-state index in [2.05, 4.69) is 11.4 Å². The molecule has 2 nitrogen and oxygen atoms in total. The van der Waals surface area contributed by atoms with Crippen LogP contribution in [0.4, 0.5) is 4.39 Å². The smallest absolute Gasteiger partial charge is 0.126 e. The van der Waals surface area contributed by atoms with Crippen molar-refractivity contribution in [2.45, 2.75) is 38.8 Å².